The minimum absolute atomic E-state index is 0.00120. The fourth-order valence-electron chi connectivity index (χ4n) is 3.98. The second-order valence-corrected chi connectivity index (χ2v) is 8.52. The lowest BCUT2D eigenvalue weighted by Gasteiger charge is -2.55. The van der Waals surface area contributed by atoms with E-state index in [1.165, 1.54) is 11.3 Å². The van der Waals surface area contributed by atoms with Gasteiger partial charge in [0.1, 0.15) is 4.88 Å². The maximum atomic E-state index is 12.5. The molecular formula is C17H25N3O3S. The van der Waals surface area contributed by atoms with Gasteiger partial charge in [0.25, 0.3) is 5.91 Å². The van der Waals surface area contributed by atoms with E-state index in [1.807, 2.05) is 23.6 Å². The van der Waals surface area contributed by atoms with E-state index >= 15 is 0 Å². The standard InChI is InChI=1S/C17H25N3O3S/c1-12(21)20-10-17(8-14(22)16(20,2)3)4-6-19(7-5-17)15(23)13-9-18-11-24-13/h9,11,14,22H,4-8,10H2,1-3H3/t14-/m0/s1. The van der Waals surface area contributed by atoms with Crippen LogP contribution in [0.15, 0.2) is 11.7 Å². The van der Waals surface area contributed by atoms with Crippen LogP contribution in [0, 0.1) is 5.41 Å². The molecule has 24 heavy (non-hydrogen) atoms. The number of piperidine rings is 2. The van der Waals surface area contributed by atoms with Gasteiger partial charge in [0.15, 0.2) is 0 Å². The number of thiazole rings is 1. The van der Waals surface area contributed by atoms with E-state index in [9.17, 15) is 14.7 Å². The van der Waals surface area contributed by atoms with Crippen molar-refractivity contribution < 1.29 is 14.7 Å². The van der Waals surface area contributed by atoms with Crippen molar-refractivity contribution in [1.29, 1.82) is 0 Å². The highest BCUT2D eigenvalue weighted by atomic mass is 32.1. The molecule has 2 aliphatic rings. The number of aliphatic hydroxyl groups is 1. The molecule has 0 saturated carbocycles. The van der Waals surface area contributed by atoms with Crippen molar-refractivity contribution in [1.82, 2.24) is 14.8 Å². The van der Waals surface area contributed by atoms with E-state index in [2.05, 4.69) is 4.98 Å². The predicted molar refractivity (Wildman–Crippen MR) is 91.8 cm³/mol. The van der Waals surface area contributed by atoms with Crippen LogP contribution in [0.2, 0.25) is 0 Å². The van der Waals surface area contributed by atoms with Crippen LogP contribution in [0.1, 0.15) is 49.7 Å². The molecule has 2 amide bonds. The van der Waals surface area contributed by atoms with Gasteiger partial charge in [-0.15, -0.1) is 11.3 Å². The van der Waals surface area contributed by atoms with Crippen molar-refractivity contribution in [3.63, 3.8) is 0 Å². The second kappa shape index (κ2) is 6.11. The molecule has 2 aliphatic heterocycles. The Morgan fingerprint density at radius 1 is 1.33 bits per heavy atom. The Kier molecular flexibility index (Phi) is 4.42. The molecule has 1 aromatic rings. The molecule has 7 heteroatoms. The maximum Gasteiger partial charge on any atom is 0.265 e. The average Bonchev–Trinajstić information content (AvgIpc) is 3.05. The number of likely N-dealkylation sites (tertiary alicyclic amines) is 2. The number of nitrogens with zero attached hydrogens (tertiary/aromatic N) is 3. The first-order valence-corrected chi connectivity index (χ1v) is 9.27. The lowest BCUT2D eigenvalue weighted by molar-refractivity contribution is -0.156. The van der Waals surface area contributed by atoms with Gasteiger partial charge in [-0.25, -0.2) is 0 Å². The van der Waals surface area contributed by atoms with Gasteiger partial charge in [-0.3, -0.25) is 14.6 Å². The topological polar surface area (TPSA) is 73.7 Å². The number of aliphatic hydroxyl groups excluding tert-OH is 1. The first-order chi connectivity index (χ1) is 11.3. The Hall–Kier alpha value is -1.47. The number of amides is 2. The molecule has 3 heterocycles. The van der Waals surface area contributed by atoms with Gasteiger partial charge in [-0.05, 0) is 38.5 Å². The van der Waals surface area contributed by atoms with Gasteiger partial charge < -0.3 is 14.9 Å². The number of carbonyl (C=O) groups is 2. The summed E-state index contributed by atoms with van der Waals surface area (Å²) in [6, 6.07) is 0. The molecule has 0 aliphatic carbocycles. The number of hydrogen-bond donors (Lipinski definition) is 1. The minimum atomic E-state index is -0.543. The van der Waals surface area contributed by atoms with Crippen molar-refractivity contribution in [3.8, 4) is 0 Å². The third-order valence-corrected chi connectivity index (χ3v) is 6.53. The summed E-state index contributed by atoms with van der Waals surface area (Å²) in [5, 5.41) is 10.6. The maximum absolute atomic E-state index is 12.5. The Balaban J connectivity index is 1.71. The average molecular weight is 351 g/mol. The first kappa shape index (κ1) is 17.4. The van der Waals surface area contributed by atoms with Crippen LogP contribution in [0.5, 0.6) is 0 Å². The molecule has 6 nitrogen and oxygen atoms in total. The third-order valence-electron chi connectivity index (χ3n) is 5.77. The highest BCUT2D eigenvalue weighted by Gasteiger charge is 2.50. The fourth-order valence-corrected chi connectivity index (χ4v) is 4.57. The lowest BCUT2D eigenvalue weighted by atomic mass is 9.67. The summed E-state index contributed by atoms with van der Waals surface area (Å²) >= 11 is 1.36. The van der Waals surface area contributed by atoms with E-state index < -0.39 is 11.6 Å². The largest absolute Gasteiger partial charge is 0.391 e. The predicted octanol–water partition coefficient (Wildman–Crippen LogP) is 1.76. The van der Waals surface area contributed by atoms with Crippen LogP contribution >= 0.6 is 11.3 Å². The van der Waals surface area contributed by atoms with Gasteiger partial charge in [-0.1, -0.05) is 0 Å². The smallest absolute Gasteiger partial charge is 0.265 e. The zero-order valence-corrected chi connectivity index (χ0v) is 15.3. The van der Waals surface area contributed by atoms with E-state index in [0.717, 1.165) is 12.8 Å². The molecule has 1 aromatic heterocycles. The van der Waals surface area contributed by atoms with Crippen molar-refractivity contribution in [2.24, 2.45) is 5.41 Å². The summed E-state index contributed by atoms with van der Waals surface area (Å²) in [5.74, 6) is 0.0359. The Bertz CT molecular complexity index is 621. The molecule has 2 fully saturated rings. The summed E-state index contributed by atoms with van der Waals surface area (Å²) in [5.41, 5.74) is 1.04. The van der Waals surface area contributed by atoms with Crippen molar-refractivity contribution in [2.45, 2.75) is 51.7 Å². The fraction of sp³-hybridized carbons (Fsp3) is 0.706. The number of carbonyl (C=O) groups excluding carboxylic acids is 2. The zero-order valence-electron chi connectivity index (χ0n) is 14.5. The van der Waals surface area contributed by atoms with Crippen LogP contribution in [0.3, 0.4) is 0 Å². The highest BCUT2D eigenvalue weighted by Crippen LogP contribution is 2.45. The molecule has 132 valence electrons. The molecule has 2 saturated heterocycles. The molecule has 0 unspecified atom stereocenters. The van der Waals surface area contributed by atoms with E-state index in [-0.39, 0.29) is 17.2 Å². The summed E-state index contributed by atoms with van der Waals surface area (Å²) in [6.07, 6.45) is 3.38. The quantitative estimate of drug-likeness (QED) is 0.837. The Morgan fingerprint density at radius 2 is 2.00 bits per heavy atom. The summed E-state index contributed by atoms with van der Waals surface area (Å²) in [7, 11) is 0. The minimum Gasteiger partial charge on any atom is -0.391 e. The monoisotopic (exact) mass is 351 g/mol. The summed E-state index contributed by atoms with van der Waals surface area (Å²) in [6.45, 7) is 7.40. The molecular weight excluding hydrogens is 326 g/mol. The second-order valence-electron chi connectivity index (χ2n) is 7.64. The first-order valence-electron chi connectivity index (χ1n) is 8.39. The number of aromatic nitrogens is 1. The Morgan fingerprint density at radius 3 is 2.54 bits per heavy atom. The van der Waals surface area contributed by atoms with Crippen LogP contribution in [0.4, 0.5) is 0 Å². The number of rotatable bonds is 1. The van der Waals surface area contributed by atoms with Crippen LogP contribution in [-0.4, -0.2) is 63.0 Å². The normalized spacial score (nSPS) is 25.8. The van der Waals surface area contributed by atoms with Crippen LogP contribution < -0.4 is 0 Å². The van der Waals surface area contributed by atoms with E-state index in [0.29, 0.717) is 30.9 Å². The van der Waals surface area contributed by atoms with Crippen molar-refractivity contribution in [3.05, 3.63) is 16.6 Å². The van der Waals surface area contributed by atoms with Crippen molar-refractivity contribution in [2.75, 3.05) is 19.6 Å². The van der Waals surface area contributed by atoms with E-state index in [4.69, 9.17) is 0 Å². The van der Waals surface area contributed by atoms with Gasteiger partial charge >= 0.3 is 0 Å². The molecule has 0 bridgehead atoms. The molecule has 1 spiro atoms. The number of hydrogen-bond acceptors (Lipinski definition) is 5. The lowest BCUT2D eigenvalue weighted by Crippen LogP contribution is -2.64. The molecule has 1 atom stereocenters. The van der Waals surface area contributed by atoms with Crippen molar-refractivity contribution >= 4 is 23.2 Å². The van der Waals surface area contributed by atoms with Crippen LogP contribution in [0.25, 0.3) is 0 Å². The molecule has 3 rings (SSSR count). The summed E-state index contributed by atoms with van der Waals surface area (Å²) in [4.78, 5) is 32.8. The highest BCUT2D eigenvalue weighted by molar-refractivity contribution is 7.11. The summed E-state index contributed by atoms with van der Waals surface area (Å²) < 4.78 is 0. The molecule has 1 N–H and O–H groups in total. The molecule has 0 aromatic carbocycles. The van der Waals surface area contributed by atoms with Gasteiger partial charge in [-0.2, -0.15) is 0 Å². The zero-order chi connectivity index (χ0) is 17.5. The van der Waals surface area contributed by atoms with Gasteiger partial charge in [0, 0.05) is 26.6 Å². The van der Waals surface area contributed by atoms with Gasteiger partial charge in [0.05, 0.1) is 23.4 Å². The SMILES string of the molecule is CC(=O)N1CC2(CCN(C(=O)c3cncs3)CC2)C[C@H](O)C1(C)C. The molecule has 0 radical (unpaired) electrons. The van der Waals surface area contributed by atoms with E-state index in [1.54, 1.807) is 18.6 Å². The third kappa shape index (κ3) is 2.95. The Labute approximate surface area is 146 Å². The van der Waals surface area contributed by atoms with Gasteiger partial charge in [0.2, 0.25) is 5.91 Å². The van der Waals surface area contributed by atoms with Crippen LogP contribution in [-0.2, 0) is 4.79 Å².